The minimum Gasteiger partial charge on any atom is -0.870 e. The molecule has 4 aromatic rings. The monoisotopic (exact) mass is 540 g/mol. The number of aromatic carboxylic acids is 1. The van der Waals surface area contributed by atoms with Gasteiger partial charge < -0.3 is 21.2 Å². The van der Waals surface area contributed by atoms with Crippen molar-refractivity contribution in [2.45, 2.75) is 39.3 Å². The summed E-state index contributed by atoms with van der Waals surface area (Å²) in [6, 6.07) is 11.8. The highest BCUT2D eigenvalue weighted by Crippen LogP contribution is 2.41. The Hall–Kier alpha value is -4.06. The minimum atomic E-state index is -3.29. The molecular formula is C26H22F6N2O4. The van der Waals surface area contributed by atoms with Crippen molar-refractivity contribution in [3.8, 4) is 11.1 Å². The Labute approximate surface area is 212 Å². The number of fused-ring (bicyclic) bond motifs is 2. The average molecular weight is 540 g/mol. The van der Waals surface area contributed by atoms with Gasteiger partial charge in [-0.3, -0.25) is 0 Å². The summed E-state index contributed by atoms with van der Waals surface area (Å²) >= 11 is 0. The molecule has 2 atom stereocenters. The first-order valence-electron chi connectivity index (χ1n) is 11.0. The second-order valence-electron chi connectivity index (χ2n) is 8.42. The van der Waals surface area contributed by atoms with Crippen LogP contribution in [0.15, 0.2) is 52.9 Å². The Bertz CT molecular complexity index is 1420. The maximum absolute atomic E-state index is 13.8. The lowest BCUT2D eigenvalue weighted by Crippen LogP contribution is -2.22. The van der Waals surface area contributed by atoms with E-state index in [1.807, 2.05) is 0 Å². The number of hydrogen-bond acceptors (Lipinski definition) is 4. The van der Waals surface area contributed by atoms with Crippen molar-refractivity contribution >= 4 is 39.3 Å². The number of aryl methyl sites for hydroxylation is 2. The summed E-state index contributed by atoms with van der Waals surface area (Å²) in [5, 5.41) is 14.8. The number of alkyl halides is 6. The van der Waals surface area contributed by atoms with Crippen LogP contribution in [0.2, 0.25) is 0 Å². The Kier molecular flexibility index (Phi) is 8.35. The number of carboxylic acid groups (broad SMARTS) is 1. The molecule has 0 fully saturated rings. The molecule has 0 radical (unpaired) electrons. The second kappa shape index (κ2) is 11.1. The number of hydrogen-bond donors (Lipinski definition) is 3. The first-order valence-corrected chi connectivity index (χ1v) is 11.0. The van der Waals surface area contributed by atoms with Gasteiger partial charge in [0.15, 0.2) is 0 Å². The molecule has 0 amide bonds. The zero-order valence-electron chi connectivity index (χ0n) is 19.9. The van der Waals surface area contributed by atoms with Crippen molar-refractivity contribution < 1.29 is 46.1 Å². The van der Waals surface area contributed by atoms with E-state index in [0.717, 1.165) is 0 Å². The molecule has 1 aromatic heterocycles. The van der Waals surface area contributed by atoms with Gasteiger partial charge in [0.1, 0.15) is 0 Å². The molecule has 12 heteroatoms. The SMILES string of the molecule is Cc1cc2c(-c3ccccc3C(=O)O)c3cc(C)c(NC(F)C(F)F)cc3[o+]c2cc1NC(F)C(F)F.[OH-]. The average Bonchev–Trinajstić information content (AvgIpc) is 2.84. The molecule has 4 rings (SSSR count). The maximum atomic E-state index is 13.8. The van der Waals surface area contributed by atoms with Crippen LogP contribution in [0, 0.1) is 13.8 Å². The molecule has 0 aliphatic rings. The molecule has 202 valence electrons. The van der Waals surface area contributed by atoms with Crippen molar-refractivity contribution in [3.05, 3.63) is 65.2 Å². The molecule has 0 bridgehead atoms. The quantitative estimate of drug-likeness (QED) is 0.0920. The fraction of sp³-hybridized carbons (Fsp3) is 0.231. The lowest BCUT2D eigenvalue weighted by Gasteiger charge is -2.16. The fourth-order valence-corrected chi connectivity index (χ4v) is 4.11. The van der Waals surface area contributed by atoms with Gasteiger partial charge in [-0.25, -0.2) is 35.6 Å². The van der Waals surface area contributed by atoms with Crippen molar-refractivity contribution in [3.63, 3.8) is 0 Å². The fourth-order valence-electron chi connectivity index (χ4n) is 4.11. The lowest BCUT2D eigenvalue weighted by atomic mass is 9.91. The number of carboxylic acids is 1. The molecule has 0 aliphatic carbocycles. The number of carbonyl (C=O) groups is 1. The first-order chi connectivity index (χ1) is 17.5. The number of anilines is 2. The molecule has 4 N–H and O–H groups in total. The van der Waals surface area contributed by atoms with E-state index in [2.05, 4.69) is 10.6 Å². The van der Waals surface area contributed by atoms with Crippen molar-refractivity contribution in [2.24, 2.45) is 0 Å². The van der Waals surface area contributed by atoms with Gasteiger partial charge in [0, 0.05) is 16.9 Å². The van der Waals surface area contributed by atoms with Gasteiger partial charge in [0.05, 0.1) is 28.5 Å². The van der Waals surface area contributed by atoms with E-state index in [1.165, 1.54) is 18.2 Å². The molecule has 6 nitrogen and oxygen atoms in total. The second-order valence-corrected chi connectivity index (χ2v) is 8.42. The van der Waals surface area contributed by atoms with E-state index in [4.69, 9.17) is 4.42 Å². The standard InChI is InChI=1S/C26H20F6N2O3.H2O/c1-11-7-15-19(9-17(11)33-24(31)22(27)28)37-20-10-18(34-25(32)23(29)30)12(2)8-16(20)21(15)13-5-3-4-6-14(13)26(35)36;/h3-10,22-25,33-34H,1-2H3;1H2. The third-order valence-electron chi connectivity index (χ3n) is 5.87. The third kappa shape index (κ3) is 5.44. The molecule has 0 saturated heterocycles. The summed E-state index contributed by atoms with van der Waals surface area (Å²) in [5.41, 5.74) is 1.57. The summed E-state index contributed by atoms with van der Waals surface area (Å²) in [6.45, 7) is 3.11. The zero-order valence-corrected chi connectivity index (χ0v) is 19.9. The Morgan fingerprint density at radius 3 is 1.66 bits per heavy atom. The van der Waals surface area contributed by atoms with E-state index in [9.17, 15) is 36.2 Å². The molecular weight excluding hydrogens is 518 g/mol. The molecule has 38 heavy (non-hydrogen) atoms. The molecule has 0 saturated carbocycles. The summed E-state index contributed by atoms with van der Waals surface area (Å²) in [4.78, 5) is 12.0. The summed E-state index contributed by atoms with van der Waals surface area (Å²) in [5.74, 6) is -1.21. The zero-order chi connectivity index (χ0) is 27.0. The Balaban J connectivity index is 0.00000400. The number of rotatable bonds is 8. The molecule has 1 heterocycles. The van der Waals surface area contributed by atoms with E-state index >= 15 is 0 Å². The van der Waals surface area contributed by atoms with Crippen LogP contribution < -0.4 is 10.6 Å². The van der Waals surface area contributed by atoms with E-state index < -0.39 is 31.4 Å². The van der Waals surface area contributed by atoms with Crippen molar-refractivity contribution in [1.82, 2.24) is 0 Å². The predicted molar refractivity (Wildman–Crippen MR) is 131 cm³/mol. The third-order valence-corrected chi connectivity index (χ3v) is 5.87. The predicted octanol–water partition coefficient (Wildman–Crippen LogP) is 7.62. The first kappa shape index (κ1) is 28.5. The molecule has 3 aromatic carbocycles. The van der Waals surface area contributed by atoms with Crippen LogP contribution in [0.25, 0.3) is 33.1 Å². The Morgan fingerprint density at radius 2 is 1.24 bits per heavy atom. The Morgan fingerprint density at radius 1 is 0.789 bits per heavy atom. The van der Waals surface area contributed by atoms with Gasteiger partial charge in [-0.1, -0.05) is 18.2 Å². The van der Waals surface area contributed by atoms with Gasteiger partial charge in [-0.15, -0.1) is 0 Å². The highest BCUT2D eigenvalue weighted by atomic mass is 19.3. The summed E-state index contributed by atoms with van der Waals surface area (Å²) in [6.07, 6.45) is -11.9. The van der Waals surface area contributed by atoms with Crippen molar-refractivity contribution in [2.75, 3.05) is 10.6 Å². The topological polar surface area (TPSA) is 103 Å². The van der Waals surface area contributed by atoms with E-state index in [1.54, 1.807) is 44.2 Å². The van der Waals surface area contributed by atoms with Gasteiger partial charge in [-0.05, 0) is 48.7 Å². The van der Waals surface area contributed by atoms with Gasteiger partial charge >= 0.3 is 17.1 Å². The van der Waals surface area contributed by atoms with Crippen LogP contribution in [0.5, 0.6) is 0 Å². The highest BCUT2D eigenvalue weighted by molar-refractivity contribution is 6.13. The van der Waals surface area contributed by atoms with E-state index in [0.29, 0.717) is 33.0 Å². The lowest BCUT2D eigenvalue weighted by molar-refractivity contribution is 0.0649. The van der Waals surface area contributed by atoms with Crippen LogP contribution in [-0.2, 0) is 0 Å². The number of benzene rings is 3. The molecule has 2 unspecified atom stereocenters. The minimum absolute atomic E-state index is 0. The summed E-state index contributed by atoms with van der Waals surface area (Å²) in [7, 11) is 0. The highest BCUT2D eigenvalue weighted by Gasteiger charge is 2.28. The number of nitrogens with one attached hydrogen (secondary N) is 2. The van der Waals surface area contributed by atoms with Crippen LogP contribution in [0.4, 0.5) is 37.7 Å². The smallest absolute Gasteiger partial charge is 0.363 e. The van der Waals surface area contributed by atoms with Gasteiger partial charge in [-0.2, -0.15) is 0 Å². The number of halogens is 6. The van der Waals surface area contributed by atoms with E-state index in [-0.39, 0.29) is 33.6 Å². The van der Waals surface area contributed by atoms with Gasteiger partial charge in [0.25, 0.3) is 12.9 Å². The van der Waals surface area contributed by atoms with Crippen LogP contribution in [0.3, 0.4) is 0 Å². The molecule has 0 spiro atoms. The maximum Gasteiger partial charge on any atom is 0.363 e. The molecule has 0 aliphatic heterocycles. The van der Waals surface area contributed by atoms with Gasteiger partial charge in [0.2, 0.25) is 12.6 Å². The van der Waals surface area contributed by atoms with Crippen LogP contribution >= 0.6 is 0 Å². The van der Waals surface area contributed by atoms with Crippen molar-refractivity contribution in [1.29, 1.82) is 0 Å². The summed E-state index contributed by atoms with van der Waals surface area (Å²) < 4.78 is 84.7. The largest absolute Gasteiger partial charge is 0.870 e. The normalized spacial score (nSPS) is 13.0. The van der Waals surface area contributed by atoms with Crippen LogP contribution in [-0.4, -0.2) is 42.0 Å². The van der Waals surface area contributed by atoms with Crippen LogP contribution in [0.1, 0.15) is 21.5 Å².